The highest BCUT2D eigenvalue weighted by molar-refractivity contribution is 7.14. The van der Waals surface area contributed by atoms with E-state index >= 15 is 0 Å². The average Bonchev–Trinajstić information content (AvgIpc) is 1.60. The van der Waals surface area contributed by atoms with Crippen LogP contribution in [-0.2, 0) is 90.2 Å². The number of carbonyl (C=O) groups excluding carboxylic acids is 13. The predicted octanol–water partition coefficient (Wildman–Crippen LogP) is 9.90. The number of β-amino-alcohol motifs (C(OH)–C–C–N with tert-alkyl or cyclic N) is 4. The number of benzene rings is 5. The largest absolute Gasteiger partial charge is 0.444 e. The normalized spacial score (nSPS) is 19.4. The zero-order valence-electron chi connectivity index (χ0n) is 87.2. The van der Waals surface area contributed by atoms with E-state index in [0.717, 1.165) is 92.4 Å². The number of aryl methyl sites for hydroxylation is 4. The molecule has 4 fully saturated rings. The molecule has 13 N–H and O–H groups in total. The third-order valence-corrected chi connectivity index (χ3v) is 30.3. The molecule has 0 bridgehead atoms. The molecule has 0 aliphatic carbocycles. The first-order valence-corrected chi connectivity index (χ1v) is 52.7. The number of alkyl carbamates (subject to hydrolysis) is 1. The van der Waals surface area contributed by atoms with Gasteiger partial charge in [-0.15, -0.1) is 45.3 Å². The maximum atomic E-state index is 14.0. The number of carbonyl (C=O) groups is 13. The van der Waals surface area contributed by atoms with E-state index in [1.165, 1.54) is 31.4 Å². The molecule has 13 amide bonds. The van der Waals surface area contributed by atoms with Gasteiger partial charge in [-0.1, -0.05) is 184 Å². The fraction of sp³-hybridized carbons (Fsp3) is 0.486. The highest BCUT2D eigenvalue weighted by atomic mass is 32.1. The van der Waals surface area contributed by atoms with Gasteiger partial charge < -0.3 is 97.5 Å². The molecule has 36 nitrogen and oxygen atoms in total. The van der Waals surface area contributed by atoms with Crippen molar-refractivity contribution >= 4 is 122 Å². The summed E-state index contributed by atoms with van der Waals surface area (Å²) < 4.78 is 5.14. The van der Waals surface area contributed by atoms with Crippen LogP contribution in [0, 0.1) is 50.4 Å². The molecule has 4 saturated heterocycles. The molecule has 12 atom stereocenters. The van der Waals surface area contributed by atoms with Gasteiger partial charge >= 0.3 is 6.09 Å². The van der Waals surface area contributed by atoms with Crippen molar-refractivity contribution in [3.63, 3.8) is 0 Å². The number of nitrogens with one attached hydrogen (secondary N) is 7. The van der Waals surface area contributed by atoms with Crippen LogP contribution in [0.3, 0.4) is 0 Å². The number of aliphatic hydroxyl groups excluding tert-OH is 4. The topological polar surface area (TPSA) is 493 Å². The van der Waals surface area contributed by atoms with Crippen LogP contribution in [-0.4, -0.2) is 271 Å². The summed E-state index contributed by atoms with van der Waals surface area (Å²) in [4.78, 5) is 199. The summed E-state index contributed by atoms with van der Waals surface area (Å²) in [5, 5.41) is 60.8. The molecule has 5 aliphatic rings. The van der Waals surface area contributed by atoms with Gasteiger partial charge in [0.05, 0.1) is 95.3 Å². The van der Waals surface area contributed by atoms with E-state index < -0.39 is 118 Å². The van der Waals surface area contributed by atoms with Crippen LogP contribution in [0.4, 0.5) is 4.79 Å². The van der Waals surface area contributed by atoms with Crippen molar-refractivity contribution in [1.82, 2.24) is 86.6 Å². The summed E-state index contributed by atoms with van der Waals surface area (Å²) in [5.74, 6) is -4.63. The van der Waals surface area contributed by atoms with Gasteiger partial charge in [0.2, 0.25) is 65.0 Å². The zero-order valence-corrected chi connectivity index (χ0v) is 90.4. The molecule has 40 heteroatoms. The molecule has 5 aromatic carbocycles. The molecular weight excluding hydrogens is 1950 g/mol. The minimum absolute atomic E-state index is 0.0293. The predicted molar refractivity (Wildman–Crippen MR) is 564 cm³/mol. The summed E-state index contributed by atoms with van der Waals surface area (Å²) >= 11 is 6.33. The number of likely N-dealkylation sites (N-methyl/N-ethyl adjacent to an activating group) is 1. The van der Waals surface area contributed by atoms with Gasteiger partial charge in [-0.3, -0.25) is 57.5 Å². The van der Waals surface area contributed by atoms with Crippen molar-refractivity contribution in [1.29, 1.82) is 0 Å². The van der Waals surface area contributed by atoms with E-state index in [0.29, 0.717) is 31.7 Å². The molecule has 4 aromatic heterocycles. The van der Waals surface area contributed by atoms with Crippen molar-refractivity contribution in [2.75, 3.05) is 46.3 Å². The van der Waals surface area contributed by atoms with E-state index in [4.69, 9.17) is 10.5 Å². The number of fused-ring (bicyclic) bond motifs is 1. The first-order chi connectivity index (χ1) is 69.2. The Bertz CT molecular complexity index is 6150. The summed E-state index contributed by atoms with van der Waals surface area (Å²) in [5.41, 5.74) is 22.7. The molecule has 0 radical (unpaired) electrons. The van der Waals surface area contributed by atoms with E-state index in [9.17, 15) is 82.8 Å². The number of nitrogens with zero attached hydrogens (tertiary/aromatic N) is 10. The number of ether oxygens (including phenoxy) is 1. The van der Waals surface area contributed by atoms with E-state index in [1.807, 2.05) is 208 Å². The van der Waals surface area contributed by atoms with Gasteiger partial charge in [0.25, 0.3) is 5.91 Å². The van der Waals surface area contributed by atoms with Crippen molar-refractivity contribution in [2.45, 2.75) is 268 Å². The lowest BCUT2D eigenvalue weighted by atomic mass is 9.85. The number of likely N-dealkylation sites (tertiary alicyclic amines) is 4. The second-order valence-electron chi connectivity index (χ2n) is 41.9. The smallest absolute Gasteiger partial charge is 0.408 e. The van der Waals surface area contributed by atoms with Gasteiger partial charge in [0, 0.05) is 104 Å². The van der Waals surface area contributed by atoms with E-state index in [1.54, 1.807) is 117 Å². The first kappa shape index (κ1) is 115. The van der Waals surface area contributed by atoms with Crippen LogP contribution >= 0.6 is 45.3 Å². The van der Waals surface area contributed by atoms with Crippen LogP contribution in [0.5, 0.6) is 0 Å². The van der Waals surface area contributed by atoms with E-state index in [-0.39, 0.29) is 131 Å². The molecule has 790 valence electrons. The Morgan fingerprint density at radius 2 is 0.830 bits per heavy atom. The fourth-order valence-electron chi connectivity index (χ4n) is 18.4. The Hall–Kier alpha value is -12.7. The number of aliphatic hydroxyl groups is 4. The Kier molecular flexibility index (Phi) is 38.9. The van der Waals surface area contributed by atoms with Crippen LogP contribution in [0.2, 0.25) is 0 Å². The lowest BCUT2D eigenvalue weighted by Crippen LogP contribution is -2.60. The Balaban J connectivity index is 0.000000187. The van der Waals surface area contributed by atoms with Gasteiger partial charge in [0.15, 0.2) is 0 Å². The highest BCUT2D eigenvalue weighted by Crippen LogP contribution is 2.39. The number of amides is 13. The molecule has 147 heavy (non-hydrogen) atoms. The van der Waals surface area contributed by atoms with Crippen molar-refractivity contribution in [2.24, 2.45) is 28.4 Å². The molecule has 5 aliphatic heterocycles. The van der Waals surface area contributed by atoms with Crippen LogP contribution in [0.15, 0.2) is 143 Å². The third-order valence-electron chi connectivity index (χ3n) is 26.4. The SMILES string of the molecule is CC(=O)N(C)[C@H](C(=O)N1C[C@H](O)C[C@H]1C(=O)NCc1ccc(-c2scnc2C)cc1)C(C)C.Cc1ncsc1-c1ccc(CNC(=O)C2(C)C[C@@H](O)CN2C(=O)[C@H](C(C)C)N2Cc3ccccc3C2=O)cc1.Cc1ncsc1-c1ccc(CNC(=O)[C@@H]2C[C@@H](O)CN2C(=O)[C@@H](NC(=O)CN)C(C)(C)C)cc1.Cc1ncsc1-c1ccc(CNC(=O)[C@@H]2C[C@@H](O)CN2C(=O)[C@@H](NC(=O)CNC(=O)OC(C)(C)C)C(C)(C)C)cc1. The summed E-state index contributed by atoms with van der Waals surface area (Å²) in [6, 6.07) is 33.2. The molecular formula is C107H140N18O18S4. The van der Waals surface area contributed by atoms with Gasteiger partial charge in [-0.05, 0) is 134 Å². The average molecular weight is 2090 g/mol. The lowest BCUT2D eigenvalue weighted by molar-refractivity contribution is -0.148. The fourth-order valence-corrected chi connectivity index (χ4v) is 21.7. The second-order valence-corrected chi connectivity index (χ2v) is 45.3. The van der Waals surface area contributed by atoms with Crippen LogP contribution in [0.1, 0.15) is 190 Å². The van der Waals surface area contributed by atoms with Crippen LogP contribution in [0.25, 0.3) is 41.8 Å². The van der Waals surface area contributed by atoms with Crippen LogP contribution < -0.4 is 43.0 Å². The molecule has 0 spiro atoms. The molecule has 0 saturated carbocycles. The maximum absolute atomic E-state index is 14.0. The Morgan fingerprint density at radius 1 is 0.476 bits per heavy atom. The molecule has 14 rings (SSSR count). The van der Waals surface area contributed by atoms with E-state index in [2.05, 4.69) is 57.2 Å². The monoisotopic (exact) mass is 2090 g/mol. The summed E-state index contributed by atoms with van der Waals surface area (Å²) in [6.07, 6.45) is -3.50. The lowest BCUT2D eigenvalue weighted by Gasteiger charge is -2.39. The van der Waals surface area contributed by atoms with Crippen molar-refractivity contribution in [3.8, 4) is 41.8 Å². The third kappa shape index (κ3) is 29.5. The Morgan fingerprint density at radius 3 is 1.15 bits per heavy atom. The molecule has 9 heterocycles. The van der Waals surface area contributed by atoms with Gasteiger partial charge in [-0.2, -0.15) is 0 Å². The quantitative estimate of drug-likeness (QED) is 0.0207. The highest BCUT2D eigenvalue weighted by Gasteiger charge is 2.54. The summed E-state index contributed by atoms with van der Waals surface area (Å²) in [7, 11) is 1.59. The molecule has 1 unspecified atom stereocenters. The minimum atomic E-state index is -1.24. The minimum Gasteiger partial charge on any atom is -0.444 e. The van der Waals surface area contributed by atoms with Gasteiger partial charge in [0.1, 0.15) is 60.0 Å². The van der Waals surface area contributed by atoms with Crippen molar-refractivity contribution < 1.29 is 87.5 Å². The zero-order chi connectivity index (χ0) is 108. The maximum Gasteiger partial charge on any atom is 0.408 e. The van der Waals surface area contributed by atoms with Gasteiger partial charge in [-0.25, -0.2) is 24.7 Å². The number of rotatable bonds is 29. The number of nitrogens with two attached hydrogens (primary N) is 1. The van der Waals surface area contributed by atoms with Crippen molar-refractivity contribution in [3.05, 3.63) is 200 Å². The second kappa shape index (κ2) is 49.9. The Labute approximate surface area is 874 Å². The molecule has 9 aromatic rings. The first-order valence-electron chi connectivity index (χ1n) is 49.2. The number of hydrogen-bond acceptors (Lipinski definition) is 27. The number of thiazole rings is 4. The number of aromatic nitrogens is 4. The number of hydrogen-bond donors (Lipinski definition) is 12. The standard InChI is InChI=1S/C30H34N4O4S.C29H41N5O6S.C24H33N5O4S.C24H32N4O4S/c1-18(2)25(33-15-22-7-5-6-8-24(22)27(33)36)28(37)34-16-23(35)13-30(34,4)29(38)31-14-20-9-11-21(12-10-20)26-19(3)32-17-39-26;1-17-23(41-16-32-17)19-10-8-18(9-11-19)13-30-25(37)21-12-20(35)15-34(21)26(38)24(28(2,3)4)33-22(36)14-31-27(39)40-29(5,6)7;1-14-20(34-13-27-14)16-7-5-15(6-8-16)11-26-22(32)18-9-17(30)12-29(18)23(33)21(24(2,3)4)28-19(31)10-25;1-14(2)21(27(5)16(4)29)24(32)28-12-19(30)10-20(28)23(31)25-11-17-6-8-18(9-7-17)22-15(3)26-13-33-22/h5-12,17-18,23,25,35H,13-16H2,1-4H3,(H,31,38);8-11,16,20-21,24,35H,12-15H2,1-7H3,(H,30,37)(H,31,39)(H,33,36);5-8,13,17-18,21,30H,9-12,25H2,1-4H3,(H,26,32)(H,28,31);6-9,13-14,19-21,30H,10-12H2,1-5H3,(H,25,31)/t23-,25+,30?;20-,21+,24-;17-,18+,21-;19-,20+,21+/m1111/s1. The summed E-state index contributed by atoms with van der Waals surface area (Å²) in [6.45, 7) is 35.5.